The minimum Gasteiger partial charge on any atom is -0.294 e. The van der Waals surface area contributed by atoms with Gasteiger partial charge >= 0.3 is 0 Å². The molecular weight excluding hydrogens is 186 g/mol. The number of pyridine rings is 1. The highest BCUT2D eigenvalue weighted by molar-refractivity contribution is 5.97. The molecule has 0 amide bonds. The van der Waals surface area contributed by atoms with E-state index in [2.05, 4.69) is 16.8 Å². The maximum absolute atomic E-state index is 11.8. The first-order chi connectivity index (χ1) is 7.29. The molecular formula is C13H15NO. The van der Waals surface area contributed by atoms with Crippen LogP contribution < -0.4 is 0 Å². The summed E-state index contributed by atoms with van der Waals surface area (Å²) in [6, 6.07) is 1.79. The monoisotopic (exact) mass is 201 g/mol. The Balaban J connectivity index is 2.75. The summed E-state index contributed by atoms with van der Waals surface area (Å²) in [5.74, 6) is 5.85. The first kappa shape index (κ1) is 11.5. The molecule has 1 heterocycles. The van der Waals surface area contributed by atoms with Crippen LogP contribution in [-0.4, -0.2) is 10.8 Å². The van der Waals surface area contributed by atoms with Crippen LogP contribution in [0.15, 0.2) is 18.5 Å². The van der Waals surface area contributed by atoms with Crippen LogP contribution in [-0.2, 0) is 6.42 Å². The molecule has 0 aromatic carbocycles. The molecule has 0 bridgehead atoms. The van der Waals surface area contributed by atoms with Crippen molar-refractivity contribution >= 4 is 5.78 Å². The van der Waals surface area contributed by atoms with Gasteiger partial charge in [-0.15, -0.1) is 11.8 Å². The summed E-state index contributed by atoms with van der Waals surface area (Å²) in [4.78, 5) is 15.8. The van der Waals surface area contributed by atoms with Crippen molar-refractivity contribution in [1.82, 2.24) is 4.98 Å². The molecule has 0 saturated heterocycles. The van der Waals surface area contributed by atoms with Crippen LogP contribution in [0.1, 0.15) is 42.6 Å². The number of aryl methyl sites for hydroxylation is 1. The topological polar surface area (TPSA) is 30.0 Å². The third-order valence-electron chi connectivity index (χ3n) is 2.24. The largest absolute Gasteiger partial charge is 0.294 e. The van der Waals surface area contributed by atoms with Gasteiger partial charge in [0.2, 0.25) is 0 Å². The molecule has 0 unspecified atom stereocenters. The fourth-order valence-corrected chi connectivity index (χ4v) is 1.42. The lowest BCUT2D eigenvalue weighted by Crippen LogP contribution is -2.03. The molecule has 2 nitrogen and oxygen atoms in total. The van der Waals surface area contributed by atoms with Crippen LogP contribution in [0.5, 0.6) is 0 Å². The fraction of sp³-hybridized carbons (Fsp3) is 0.385. The highest BCUT2D eigenvalue weighted by Gasteiger charge is 2.08. The van der Waals surface area contributed by atoms with Gasteiger partial charge in [0, 0.05) is 30.8 Å². The van der Waals surface area contributed by atoms with E-state index in [0.29, 0.717) is 12.8 Å². The van der Waals surface area contributed by atoms with E-state index in [1.54, 1.807) is 25.4 Å². The molecule has 0 aliphatic rings. The van der Waals surface area contributed by atoms with E-state index in [1.807, 2.05) is 6.92 Å². The second-order valence-electron chi connectivity index (χ2n) is 3.24. The van der Waals surface area contributed by atoms with Gasteiger partial charge in [-0.05, 0) is 25.0 Å². The van der Waals surface area contributed by atoms with Crippen LogP contribution in [0.2, 0.25) is 0 Å². The van der Waals surface area contributed by atoms with Gasteiger partial charge in [0.05, 0.1) is 0 Å². The van der Waals surface area contributed by atoms with E-state index in [1.165, 1.54) is 0 Å². The van der Waals surface area contributed by atoms with Crippen molar-refractivity contribution in [3.63, 3.8) is 0 Å². The standard InChI is InChI=1S/C13H15NO/c1-3-5-6-7-13(15)12-8-9-14-10-11(12)4-2/h8-10H,4,6-7H2,1-2H3. The predicted molar refractivity (Wildman–Crippen MR) is 60.6 cm³/mol. The molecule has 1 aromatic heterocycles. The van der Waals surface area contributed by atoms with Gasteiger partial charge in [-0.2, -0.15) is 0 Å². The minimum atomic E-state index is 0.164. The van der Waals surface area contributed by atoms with Gasteiger partial charge in [-0.25, -0.2) is 0 Å². The lowest BCUT2D eigenvalue weighted by atomic mass is 10.0. The first-order valence-electron chi connectivity index (χ1n) is 5.15. The zero-order valence-electron chi connectivity index (χ0n) is 9.21. The van der Waals surface area contributed by atoms with Gasteiger partial charge in [0.15, 0.2) is 5.78 Å². The third-order valence-corrected chi connectivity index (χ3v) is 2.24. The van der Waals surface area contributed by atoms with Crippen molar-refractivity contribution in [2.24, 2.45) is 0 Å². The van der Waals surface area contributed by atoms with Gasteiger partial charge in [-0.3, -0.25) is 9.78 Å². The highest BCUT2D eigenvalue weighted by atomic mass is 16.1. The molecule has 1 aromatic rings. The van der Waals surface area contributed by atoms with Gasteiger partial charge in [0.25, 0.3) is 0 Å². The molecule has 0 N–H and O–H groups in total. The van der Waals surface area contributed by atoms with Crippen molar-refractivity contribution < 1.29 is 4.79 Å². The maximum Gasteiger partial charge on any atom is 0.164 e. The summed E-state index contributed by atoms with van der Waals surface area (Å²) in [7, 11) is 0. The Bertz CT molecular complexity index is 398. The third kappa shape index (κ3) is 3.21. The van der Waals surface area contributed by atoms with E-state index < -0.39 is 0 Å². The van der Waals surface area contributed by atoms with Crippen LogP contribution in [0, 0.1) is 11.8 Å². The van der Waals surface area contributed by atoms with E-state index in [-0.39, 0.29) is 5.78 Å². The number of carbonyl (C=O) groups excluding carboxylic acids is 1. The van der Waals surface area contributed by atoms with Crippen LogP contribution in [0.25, 0.3) is 0 Å². The number of hydrogen-bond donors (Lipinski definition) is 0. The Morgan fingerprint density at radius 3 is 3.00 bits per heavy atom. The highest BCUT2D eigenvalue weighted by Crippen LogP contribution is 2.11. The molecule has 0 radical (unpaired) electrons. The van der Waals surface area contributed by atoms with Crippen molar-refractivity contribution in [1.29, 1.82) is 0 Å². The van der Waals surface area contributed by atoms with Crippen molar-refractivity contribution in [3.05, 3.63) is 29.6 Å². The Kier molecular flexibility index (Phi) is 4.56. The first-order valence-corrected chi connectivity index (χ1v) is 5.15. The quantitative estimate of drug-likeness (QED) is 0.553. The second-order valence-corrected chi connectivity index (χ2v) is 3.24. The molecule has 2 heteroatoms. The SMILES string of the molecule is CC#CCCC(=O)c1ccncc1CC. The Hall–Kier alpha value is -1.62. The number of aromatic nitrogens is 1. The van der Waals surface area contributed by atoms with E-state index in [9.17, 15) is 4.79 Å². The van der Waals surface area contributed by atoms with Crippen LogP contribution in [0.4, 0.5) is 0 Å². The molecule has 78 valence electrons. The molecule has 1 rings (SSSR count). The lowest BCUT2D eigenvalue weighted by molar-refractivity contribution is 0.0983. The summed E-state index contributed by atoms with van der Waals surface area (Å²) in [6.45, 7) is 3.81. The van der Waals surface area contributed by atoms with Gasteiger partial charge in [0.1, 0.15) is 0 Å². The van der Waals surface area contributed by atoms with E-state index >= 15 is 0 Å². The number of hydrogen-bond acceptors (Lipinski definition) is 2. The predicted octanol–water partition coefficient (Wildman–Crippen LogP) is 2.63. The zero-order chi connectivity index (χ0) is 11.1. The average molecular weight is 201 g/mol. The van der Waals surface area contributed by atoms with Crippen molar-refractivity contribution in [3.8, 4) is 11.8 Å². The second kappa shape index (κ2) is 5.98. The molecule has 0 saturated carbocycles. The van der Waals surface area contributed by atoms with Gasteiger partial charge in [-0.1, -0.05) is 6.92 Å². The minimum absolute atomic E-state index is 0.164. The number of Topliss-reactive ketones (excluding diaryl/α,β-unsaturated/α-hetero) is 1. The van der Waals surface area contributed by atoms with Crippen LogP contribution >= 0.6 is 0 Å². The maximum atomic E-state index is 11.8. The molecule has 0 aliphatic heterocycles. The van der Waals surface area contributed by atoms with E-state index in [0.717, 1.165) is 17.5 Å². The van der Waals surface area contributed by atoms with Crippen molar-refractivity contribution in [2.45, 2.75) is 33.1 Å². The lowest BCUT2D eigenvalue weighted by Gasteiger charge is -2.04. The van der Waals surface area contributed by atoms with Gasteiger partial charge < -0.3 is 0 Å². The summed E-state index contributed by atoms with van der Waals surface area (Å²) in [5, 5.41) is 0. The Labute approximate surface area is 90.7 Å². The van der Waals surface area contributed by atoms with Crippen molar-refractivity contribution in [2.75, 3.05) is 0 Å². The number of carbonyl (C=O) groups is 1. The smallest absolute Gasteiger partial charge is 0.164 e. The molecule has 0 fully saturated rings. The van der Waals surface area contributed by atoms with Crippen LogP contribution in [0.3, 0.4) is 0 Å². The van der Waals surface area contributed by atoms with E-state index in [4.69, 9.17) is 0 Å². The summed E-state index contributed by atoms with van der Waals surface area (Å²) >= 11 is 0. The summed E-state index contributed by atoms with van der Waals surface area (Å²) < 4.78 is 0. The molecule has 15 heavy (non-hydrogen) atoms. The summed E-state index contributed by atoms with van der Waals surface area (Å²) in [5.41, 5.74) is 1.82. The number of rotatable bonds is 4. The zero-order valence-corrected chi connectivity index (χ0v) is 9.21. The molecule has 0 atom stereocenters. The fourth-order valence-electron chi connectivity index (χ4n) is 1.42. The Morgan fingerprint density at radius 1 is 1.53 bits per heavy atom. The molecule has 0 spiro atoms. The normalized spacial score (nSPS) is 9.20. The number of nitrogens with zero attached hydrogens (tertiary/aromatic N) is 1. The summed E-state index contributed by atoms with van der Waals surface area (Å²) in [6.07, 6.45) is 5.41. The Morgan fingerprint density at radius 2 is 2.33 bits per heavy atom. The average Bonchev–Trinajstić information content (AvgIpc) is 2.29. The molecule has 0 aliphatic carbocycles. The number of ketones is 1.